The second kappa shape index (κ2) is 9.29. The van der Waals surface area contributed by atoms with Crippen molar-refractivity contribution in [2.45, 2.75) is 0 Å². The molecule has 0 aliphatic carbocycles. The van der Waals surface area contributed by atoms with Gasteiger partial charge in [-0.05, 0) is 48.5 Å². The minimum atomic E-state index is -0.162. The predicted molar refractivity (Wildman–Crippen MR) is 104 cm³/mol. The van der Waals surface area contributed by atoms with E-state index < -0.39 is 0 Å². The first-order valence-corrected chi connectivity index (χ1v) is 8.63. The summed E-state index contributed by atoms with van der Waals surface area (Å²) in [5.74, 6) is 2.58. The highest BCUT2D eigenvalue weighted by Gasteiger charge is 2.07. The lowest BCUT2D eigenvalue weighted by atomic mass is 10.2. The molecule has 0 aliphatic heterocycles. The van der Waals surface area contributed by atoms with Crippen LogP contribution in [0, 0.1) is 0 Å². The van der Waals surface area contributed by atoms with Gasteiger partial charge in [-0.15, -0.1) is 0 Å². The summed E-state index contributed by atoms with van der Waals surface area (Å²) in [6, 6.07) is 23.9. The Morgan fingerprint density at radius 1 is 0.815 bits per heavy atom. The lowest BCUT2D eigenvalue weighted by Gasteiger charge is -2.11. The quantitative estimate of drug-likeness (QED) is 0.607. The molecule has 0 fully saturated rings. The number of methoxy groups -OCH3 is 1. The fraction of sp³-hybridized carbons (Fsp3) is 0.136. The number of carbonyl (C=O) groups excluding carboxylic acids is 1. The Morgan fingerprint density at radius 2 is 1.44 bits per heavy atom. The highest BCUT2D eigenvalue weighted by molar-refractivity contribution is 5.94. The predicted octanol–water partition coefficient (Wildman–Crippen LogP) is 4.30. The fourth-order valence-electron chi connectivity index (χ4n) is 2.46. The van der Waals surface area contributed by atoms with Gasteiger partial charge in [0.2, 0.25) is 0 Å². The lowest BCUT2D eigenvalue weighted by Crippen LogP contribution is -2.28. The number of hydrogen-bond acceptors (Lipinski definition) is 4. The van der Waals surface area contributed by atoms with Crippen molar-refractivity contribution in [3.8, 4) is 23.0 Å². The molecule has 0 heterocycles. The molecule has 0 spiro atoms. The topological polar surface area (TPSA) is 56.8 Å². The number of nitrogens with one attached hydrogen (secondary N) is 1. The van der Waals surface area contributed by atoms with Crippen LogP contribution < -0.4 is 19.5 Å². The Kier molecular flexibility index (Phi) is 6.30. The summed E-state index contributed by atoms with van der Waals surface area (Å²) in [7, 11) is 1.59. The van der Waals surface area contributed by atoms with Crippen LogP contribution in [0.15, 0.2) is 78.9 Å². The highest BCUT2D eigenvalue weighted by Crippen LogP contribution is 2.25. The van der Waals surface area contributed by atoms with Gasteiger partial charge in [0.15, 0.2) is 11.5 Å². The van der Waals surface area contributed by atoms with Crippen LogP contribution in [0.1, 0.15) is 10.4 Å². The molecular weight excluding hydrogens is 342 g/mol. The van der Waals surface area contributed by atoms with E-state index in [1.165, 1.54) is 0 Å². The van der Waals surface area contributed by atoms with E-state index in [0.717, 1.165) is 5.75 Å². The Balaban J connectivity index is 1.47. The zero-order valence-electron chi connectivity index (χ0n) is 15.1. The standard InChI is InChI=1S/C22H21NO4/c1-25-20-9-5-6-10-21(20)26-16-15-23-22(24)17-11-13-19(14-12-17)27-18-7-3-2-4-8-18/h2-14H,15-16H2,1H3,(H,23,24). The number of para-hydroxylation sites is 3. The van der Waals surface area contributed by atoms with E-state index in [-0.39, 0.29) is 5.91 Å². The van der Waals surface area contributed by atoms with Crippen molar-refractivity contribution in [3.05, 3.63) is 84.4 Å². The average molecular weight is 363 g/mol. The van der Waals surface area contributed by atoms with Crippen LogP contribution in [0.3, 0.4) is 0 Å². The second-order valence-electron chi connectivity index (χ2n) is 5.69. The maximum atomic E-state index is 12.2. The first-order chi connectivity index (χ1) is 13.3. The van der Waals surface area contributed by atoms with Gasteiger partial charge in [-0.2, -0.15) is 0 Å². The summed E-state index contributed by atoms with van der Waals surface area (Å²) < 4.78 is 16.6. The molecule has 3 aromatic rings. The number of rotatable bonds is 8. The molecule has 0 atom stereocenters. The number of amides is 1. The minimum absolute atomic E-state index is 0.162. The minimum Gasteiger partial charge on any atom is -0.493 e. The second-order valence-corrected chi connectivity index (χ2v) is 5.69. The van der Waals surface area contributed by atoms with Gasteiger partial charge in [0.05, 0.1) is 13.7 Å². The van der Waals surface area contributed by atoms with Crippen LogP contribution in [-0.4, -0.2) is 26.2 Å². The molecule has 5 nitrogen and oxygen atoms in total. The average Bonchev–Trinajstić information content (AvgIpc) is 2.72. The molecule has 5 heteroatoms. The van der Waals surface area contributed by atoms with Crippen molar-refractivity contribution < 1.29 is 19.0 Å². The molecule has 0 saturated heterocycles. The van der Waals surface area contributed by atoms with Crippen molar-refractivity contribution in [1.29, 1.82) is 0 Å². The van der Waals surface area contributed by atoms with Gasteiger partial charge < -0.3 is 19.5 Å². The van der Waals surface area contributed by atoms with E-state index in [9.17, 15) is 4.79 Å². The first kappa shape index (κ1) is 18.3. The number of hydrogen-bond donors (Lipinski definition) is 1. The Bertz CT molecular complexity index is 863. The van der Waals surface area contributed by atoms with Crippen LogP contribution in [-0.2, 0) is 0 Å². The highest BCUT2D eigenvalue weighted by atomic mass is 16.5. The van der Waals surface area contributed by atoms with E-state index in [4.69, 9.17) is 14.2 Å². The zero-order chi connectivity index (χ0) is 18.9. The molecular formula is C22H21NO4. The van der Waals surface area contributed by atoms with Crippen LogP contribution in [0.4, 0.5) is 0 Å². The summed E-state index contributed by atoms with van der Waals surface area (Å²) in [6.07, 6.45) is 0. The summed E-state index contributed by atoms with van der Waals surface area (Å²) in [5, 5.41) is 2.83. The first-order valence-electron chi connectivity index (χ1n) is 8.63. The normalized spacial score (nSPS) is 10.1. The van der Waals surface area contributed by atoms with Crippen molar-refractivity contribution in [2.24, 2.45) is 0 Å². The molecule has 0 aromatic heterocycles. The van der Waals surface area contributed by atoms with Gasteiger partial charge in [-0.3, -0.25) is 4.79 Å². The van der Waals surface area contributed by atoms with E-state index in [1.807, 2.05) is 54.6 Å². The third kappa shape index (κ3) is 5.25. The van der Waals surface area contributed by atoms with Crippen molar-refractivity contribution >= 4 is 5.91 Å². The van der Waals surface area contributed by atoms with Gasteiger partial charge in [-0.1, -0.05) is 30.3 Å². The van der Waals surface area contributed by atoms with E-state index >= 15 is 0 Å². The van der Waals surface area contributed by atoms with Gasteiger partial charge in [0.1, 0.15) is 18.1 Å². The molecule has 0 aliphatic rings. The molecule has 138 valence electrons. The molecule has 1 N–H and O–H groups in total. The van der Waals surface area contributed by atoms with Crippen LogP contribution >= 0.6 is 0 Å². The molecule has 0 saturated carbocycles. The largest absolute Gasteiger partial charge is 0.493 e. The number of ether oxygens (including phenoxy) is 3. The summed E-state index contributed by atoms with van der Waals surface area (Å²) in [5.41, 5.74) is 0.563. The van der Waals surface area contributed by atoms with Gasteiger partial charge in [-0.25, -0.2) is 0 Å². The smallest absolute Gasteiger partial charge is 0.251 e. The molecule has 3 rings (SSSR count). The Labute approximate surface area is 158 Å². The molecule has 0 bridgehead atoms. The van der Waals surface area contributed by atoms with Crippen molar-refractivity contribution in [1.82, 2.24) is 5.32 Å². The van der Waals surface area contributed by atoms with E-state index in [2.05, 4.69) is 5.32 Å². The van der Waals surface area contributed by atoms with Gasteiger partial charge >= 0.3 is 0 Å². The third-order valence-electron chi connectivity index (χ3n) is 3.81. The van der Waals surface area contributed by atoms with Crippen LogP contribution in [0.2, 0.25) is 0 Å². The van der Waals surface area contributed by atoms with Gasteiger partial charge in [0.25, 0.3) is 5.91 Å². The maximum Gasteiger partial charge on any atom is 0.251 e. The number of benzene rings is 3. The van der Waals surface area contributed by atoms with Gasteiger partial charge in [0, 0.05) is 5.56 Å². The Hall–Kier alpha value is -3.47. The number of carbonyl (C=O) groups is 1. The SMILES string of the molecule is COc1ccccc1OCCNC(=O)c1ccc(Oc2ccccc2)cc1. The molecule has 1 amide bonds. The Morgan fingerprint density at radius 3 is 2.15 bits per heavy atom. The van der Waals surface area contributed by atoms with Crippen molar-refractivity contribution in [2.75, 3.05) is 20.3 Å². The van der Waals surface area contributed by atoms with Crippen molar-refractivity contribution in [3.63, 3.8) is 0 Å². The van der Waals surface area contributed by atoms with E-state index in [0.29, 0.717) is 36.0 Å². The van der Waals surface area contributed by atoms with Crippen LogP contribution in [0.5, 0.6) is 23.0 Å². The lowest BCUT2D eigenvalue weighted by molar-refractivity contribution is 0.0947. The molecule has 0 unspecified atom stereocenters. The molecule has 27 heavy (non-hydrogen) atoms. The zero-order valence-corrected chi connectivity index (χ0v) is 15.1. The summed E-state index contributed by atoms with van der Waals surface area (Å²) in [6.45, 7) is 0.737. The monoisotopic (exact) mass is 363 g/mol. The van der Waals surface area contributed by atoms with Crippen LogP contribution in [0.25, 0.3) is 0 Å². The van der Waals surface area contributed by atoms with E-state index in [1.54, 1.807) is 31.4 Å². The molecule has 3 aromatic carbocycles. The fourth-order valence-corrected chi connectivity index (χ4v) is 2.46. The maximum absolute atomic E-state index is 12.2. The summed E-state index contributed by atoms with van der Waals surface area (Å²) in [4.78, 5) is 12.2. The molecule has 0 radical (unpaired) electrons. The third-order valence-corrected chi connectivity index (χ3v) is 3.81. The summed E-state index contributed by atoms with van der Waals surface area (Å²) >= 11 is 0.